The van der Waals surface area contributed by atoms with E-state index in [2.05, 4.69) is 15.3 Å². The van der Waals surface area contributed by atoms with Gasteiger partial charge in [-0.1, -0.05) is 30.3 Å². The van der Waals surface area contributed by atoms with E-state index >= 15 is 0 Å². The standard InChI is InChI=1S/C18H12N4O/c19-10-13-6-8-15(9-7-13)22-18(23)16-11-20-12-21-17(16)14-4-2-1-3-5-14/h1-9,11-12H,(H,22,23). The maximum absolute atomic E-state index is 12.5. The molecule has 23 heavy (non-hydrogen) atoms. The number of nitriles is 1. The molecule has 1 heterocycles. The second kappa shape index (κ2) is 6.50. The highest BCUT2D eigenvalue weighted by Crippen LogP contribution is 2.21. The minimum absolute atomic E-state index is 0.297. The smallest absolute Gasteiger partial charge is 0.259 e. The average Bonchev–Trinajstić information content (AvgIpc) is 2.63. The lowest BCUT2D eigenvalue weighted by atomic mass is 10.1. The first kappa shape index (κ1) is 14.4. The fraction of sp³-hybridized carbons (Fsp3) is 0. The first-order chi connectivity index (χ1) is 11.3. The molecule has 3 aromatic rings. The maximum atomic E-state index is 12.5. The lowest BCUT2D eigenvalue weighted by molar-refractivity contribution is 0.102. The van der Waals surface area contributed by atoms with Gasteiger partial charge in [0.25, 0.3) is 5.91 Å². The Morgan fingerprint density at radius 1 is 1.04 bits per heavy atom. The molecule has 0 saturated heterocycles. The van der Waals surface area contributed by atoms with E-state index in [-0.39, 0.29) is 5.91 Å². The van der Waals surface area contributed by atoms with E-state index in [0.29, 0.717) is 22.5 Å². The Bertz CT molecular complexity index is 868. The SMILES string of the molecule is N#Cc1ccc(NC(=O)c2cncnc2-c2ccccc2)cc1. The summed E-state index contributed by atoms with van der Waals surface area (Å²) >= 11 is 0. The molecular formula is C18H12N4O. The normalized spacial score (nSPS) is 9.87. The van der Waals surface area contributed by atoms with Crippen molar-refractivity contribution in [1.29, 1.82) is 5.26 Å². The summed E-state index contributed by atoms with van der Waals surface area (Å²) in [7, 11) is 0. The molecule has 110 valence electrons. The fourth-order valence-corrected chi connectivity index (χ4v) is 2.15. The quantitative estimate of drug-likeness (QED) is 0.805. The van der Waals surface area contributed by atoms with Crippen LogP contribution in [0.1, 0.15) is 15.9 Å². The van der Waals surface area contributed by atoms with E-state index in [9.17, 15) is 4.79 Å². The molecule has 0 aliphatic carbocycles. The zero-order valence-electron chi connectivity index (χ0n) is 12.1. The second-order valence-corrected chi connectivity index (χ2v) is 4.79. The van der Waals surface area contributed by atoms with Crippen molar-refractivity contribution in [3.05, 3.63) is 78.2 Å². The first-order valence-electron chi connectivity index (χ1n) is 6.95. The van der Waals surface area contributed by atoms with E-state index in [1.54, 1.807) is 24.3 Å². The molecule has 0 aliphatic heterocycles. The van der Waals surface area contributed by atoms with Gasteiger partial charge >= 0.3 is 0 Å². The van der Waals surface area contributed by atoms with Crippen LogP contribution in [0.15, 0.2) is 67.1 Å². The van der Waals surface area contributed by atoms with E-state index in [1.165, 1.54) is 12.5 Å². The third kappa shape index (κ3) is 3.22. The van der Waals surface area contributed by atoms with Crippen LogP contribution in [0.5, 0.6) is 0 Å². The van der Waals surface area contributed by atoms with Crippen LogP contribution in [0.25, 0.3) is 11.3 Å². The van der Waals surface area contributed by atoms with Crippen molar-refractivity contribution < 1.29 is 4.79 Å². The van der Waals surface area contributed by atoms with Gasteiger partial charge in [0, 0.05) is 17.4 Å². The fourth-order valence-electron chi connectivity index (χ4n) is 2.15. The van der Waals surface area contributed by atoms with Gasteiger partial charge in [0.05, 0.1) is 22.9 Å². The number of aromatic nitrogens is 2. The van der Waals surface area contributed by atoms with Gasteiger partial charge in [-0.05, 0) is 24.3 Å². The summed E-state index contributed by atoms with van der Waals surface area (Å²) in [4.78, 5) is 20.7. The summed E-state index contributed by atoms with van der Waals surface area (Å²) in [6.45, 7) is 0. The van der Waals surface area contributed by atoms with Crippen LogP contribution in [0.3, 0.4) is 0 Å². The maximum Gasteiger partial charge on any atom is 0.259 e. The van der Waals surface area contributed by atoms with Crippen LogP contribution in [0.4, 0.5) is 5.69 Å². The number of anilines is 1. The molecule has 5 nitrogen and oxygen atoms in total. The van der Waals surface area contributed by atoms with Crippen LogP contribution < -0.4 is 5.32 Å². The van der Waals surface area contributed by atoms with Crippen molar-refractivity contribution in [2.75, 3.05) is 5.32 Å². The Morgan fingerprint density at radius 3 is 2.48 bits per heavy atom. The van der Waals surface area contributed by atoms with Crippen LogP contribution in [-0.2, 0) is 0 Å². The van der Waals surface area contributed by atoms with Crippen LogP contribution in [0.2, 0.25) is 0 Å². The van der Waals surface area contributed by atoms with E-state index in [1.807, 2.05) is 36.4 Å². The third-order valence-corrected chi connectivity index (χ3v) is 3.28. The topological polar surface area (TPSA) is 78.7 Å². The molecule has 0 spiro atoms. The molecule has 2 aromatic carbocycles. The predicted molar refractivity (Wildman–Crippen MR) is 86.6 cm³/mol. The van der Waals surface area contributed by atoms with E-state index in [4.69, 9.17) is 5.26 Å². The minimum atomic E-state index is -0.297. The van der Waals surface area contributed by atoms with Gasteiger partial charge in [-0.2, -0.15) is 5.26 Å². The lowest BCUT2D eigenvalue weighted by Crippen LogP contribution is -2.14. The molecular weight excluding hydrogens is 288 g/mol. The lowest BCUT2D eigenvalue weighted by Gasteiger charge is -2.09. The van der Waals surface area contributed by atoms with Gasteiger partial charge in [-0.25, -0.2) is 9.97 Å². The number of hydrogen-bond donors (Lipinski definition) is 1. The monoisotopic (exact) mass is 300 g/mol. The largest absolute Gasteiger partial charge is 0.322 e. The zero-order chi connectivity index (χ0) is 16.1. The number of rotatable bonds is 3. The molecule has 0 saturated carbocycles. The molecule has 0 bridgehead atoms. The highest BCUT2D eigenvalue weighted by Gasteiger charge is 2.14. The Labute approximate surface area is 133 Å². The molecule has 0 unspecified atom stereocenters. The summed E-state index contributed by atoms with van der Waals surface area (Å²) in [6, 6.07) is 18.2. The zero-order valence-corrected chi connectivity index (χ0v) is 12.1. The summed E-state index contributed by atoms with van der Waals surface area (Å²) in [5.41, 5.74) is 2.96. The van der Waals surface area contributed by atoms with Crippen molar-refractivity contribution in [2.45, 2.75) is 0 Å². The minimum Gasteiger partial charge on any atom is -0.322 e. The third-order valence-electron chi connectivity index (χ3n) is 3.28. The summed E-state index contributed by atoms with van der Waals surface area (Å²) in [6.07, 6.45) is 2.91. The molecule has 1 aromatic heterocycles. The highest BCUT2D eigenvalue weighted by atomic mass is 16.1. The van der Waals surface area contributed by atoms with E-state index < -0.39 is 0 Å². The number of carbonyl (C=O) groups is 1. The molecule has 0 aliphatic rings. The number of hydrogen-bond acceptors (Lipinski definition) is 4. The van der Waals surface area contributed by atoms with E-state index in [0.717, 1.165) is 5.56 Å². The van der Waals surface area contributed by atoms with Crippen molar-refractivity contribution in [2.24, 2.45) is 0 Å². The molecule has 0 radical (unpaired) electrons. The van der Waals surface area contributed by atoms with Crippen molar-refractivity contribution >= 4 is 11.6 Å². The summed E-state index contributed by atoms with van der Waals surface area (Å²) < 4.78 is 0. The summed E-state index contributed by atoms with van der Waals surface area (Å²) in [5.74, 6) is -0.297. The van der Waals surface area contributed by atoms with Gasteiger partial charge in [-0.15, -0.1) is 0 Å². The van der Waals surface area contributed by atoms with Gasteiger partial charge in [0.1, 0.15) is 6.33 Å². The number of carbonyl (C=O) groups excluding carboxylic acids is 1. The Balaban J connectivity index is 1.89. The Hall–Kier alpha value is -3.52. The van der Waals surface area contributed by atoms with Gasteiger partial charge in [0.2, 0.25) is 0 Å². The molecule has 5 heteroatoms. The first-order valence-corrected chi connectivity index (χ1v) is 6.95. The molecule has 1 N–H and O–H groups in total. The number of nitrogens with zero attached hydrogens (tertiary/aromatic N) is 3. The average molecular weight is 300 g/mol. The predicted octanol–water partition coefficient (Wildman–Crippen LogP) is 3.27. The van der Waals surface area contributed by atoms with Gasteiger partial charge in [-0.3, -0.25) is 4.79 Å². The van der Waals surface area contributed by atoms with Crippen LogP contribution in [0, 0.1) is 11.3 Å². The van der Waals surface area contributed by atoms with Crippen molar-refractivity contribution in [3.8, 4) is 17.3 Å². The number of benzene rings is 2. The molecule has 0 fully saturated rings. The highest BCUT2D eigenvalue weighted by molar-refractivity contribution is 6.07. The van der Waals surface area contributed by atoms with Crippen LogP contribution >= 0.6 is 0 Å². The molecule has 1 amide bonds. The number of amides is 1. The van der Waals surface area contributed by atoms with Gasteiger partial charge < -0.3 is 5.32 Å². The summed E-state index contributed by atoms with van der Waals surface area (Å²) in [5, 5.41) is 11.6. The second-order valence-electron chi connectivity index (χ2n) is 4.79. The Morgan fingerprint density at radius 2 is 1.78 bits per heavy atom. The number of nitrogens with one attached hydrogen (secondary N) is 1. The van der Waals surface area contributed by atoms with Crippen molar-refractivity contribution in [1.82, 2.24) is 9.97 Å². The Kier molecular flexibility index (Phi) is 4.07. The molecule has 0 atom stereocenters. The van der Waals surface area contributed by atoms with Gasteiger partial charge in [0.15, 0.2) is 0 Å². The molecule has 3 rings (SSSR count). The van der Waals surface area contributed by atoms with Crippen LogP contribution in [-0.4, -0.2) is 15.9 Å². The van der Waals surface area contributed by atoms with Crippen molar-refractivity contribution in [3.63, 3.8) is 0 Å².